The van der Waals surface area contributed by atoms with Crippen LogP contribution in [0.2, 0.25) is 0 Å². The van der Waals surface area contributed by atoms with Crippen molar-refractivity contribution in [2.75, 3.05) is 0 Å². The SMILES string of the molecule is CC[C@H](C)C(=O)C(=O)O.CC[C@H](C)C(=O)C(=O)O.[Ca]. The van der Waals surface area contributed by atoms with Crippen LogP contribution < -0.4 is 0 Å². The van der Waals surface area contributed by atoms with Crippen molar-refractivity contribution in [3.8, 4) is 0 Å². The zero-order valence-electron chi connectivity index (χ0n) is 11.8. The van der Waals surface area contributed by atoms with Crippen molar-refractivity contribution in [2.45, 2.75) is 40.5 Å². The number of carboxylic acids is 2. The summed E-state index contributed by atoms with van der Waals surface area (Å²) in [4.78, 5) is 40.8. The molecule has 6 nitrogen and oxygen atoms in total. The zero-order valence-corrected chi connectivity index (χ0v) is 14.0. The van der Waals surface area contributed by atoms with Crippen LogP contribution in [0, 0.1) is 11.8 Å². The van der Waals surface area contributed by atoms with Crippen molar-refractivity contribution in [1.29, 1.82) is 0 Å². The van der Waals surface area contributed by atoms with Gasteiger partial charge in [-0.2, -0.15) is 0 Å². The molecule has 0 amide bonds. The van der Waals surface area contributed by atoms with E-state index in [9.17, 15) is 19.2 Å². The Hall–Kier alpha value is -0.460. The number of ketones is 2. The van der Waals surface area contributed by atoms with E-state index >= 15 is 0 Å². The summed E-state index contributed by atoms with van der Waals surface area (Å²) >= 11 is 0. The van der Waals surface area contributed by atoms with E-state index in [0.717, 1.165) is 0 Å². The Bertz CT molecular complexity index is 294. The van der Waals surface area contributed by atoms with Crippen LogP contribution in [0.4, 0.5) is 0 Å². The summed E-state index contributed by atoms with van der Waals surface area (Å²) in [6.45, 7) is 6.78. The molecule has 7 heteroatoms. The van der Waals surface area contributed by atoms with Gasteiger partial charge in [0.2, 0.25) is 11.6 Å². The van der Waals surface area contributed by atoms with Crippen LogP contribution in [0.15, 0.2) is 0 Å². The first-order valence-electron chi connectivity index (χ1n) is 5.73. The van der Waals surface area contributed by atoms with Gasteiger partial charge >= 0.3 is 11.9 Å². The topological polar surface area (TPSA) is 109 Å². The van der Waals surface area contributed by atoms with Crippen LogP contribution in [-0.2, 0) is 19.2 Å². The summed E-state index contributed by atoms with van der Waals surface area (Å²) in [7, 11) is 0. The molecule has 0 bridgehead atoms. The molecule has 0 aromatic rings. The number of Topliss-reactive ketones (excluding diaryl/α,β-unsaturated/α-hetero) is 2. The molecule has 0 rings (SSSR count). The van der Waals surface area contributed by atoms with Gasteiger partial charge in [0.15, 0.2) is 0 Å². The van der Waals surface area contributed by atoms with Crippen molar-refractivity contribution in [3.63, 3.8) is 0 Å². The molecule has 19 heavy (non-hydrogen) atoms. The molecular weight excluding hydrogens is 280 g/mol. The molecule has 2 N–H and O–H groups in total. The predicted octanol–water partition coefficient (Wildman–Crippen LogP) is 0.992. The van der Waals surface area contributed by atoms with E-state index in [4.69, 9.17) is 10.2 Å². The Morgan fingerprint density at radius 3 is 1.05 bits per heavy atom. The van der Waals surface area contributed by atoms with E-state index < -0.39 is 23.5 Å². The first-order valence-corrected chi connectivity index (χ1v) is 5.73. The van der Waals surface area contributed by atoms with Gasteiger partial charge in [0.1, 0.15) is 0 Å². The van der Waals surface area contributed by atoms with Gasteiger partial charge in [0.05, 0.1) is 0 Å². The van der Waals surface area contributed by atoms with Gasteiger partial charge in [-0.1, -0.05) is 27.7 Å². The van der Waals surface area contributed by atoms with Gasteiger partial charge in [-0.3, -0.25) is 9.59 Å². The third-order valence-corrected chi connectivity index (χ3v) is 2.54. The van der Waals surface area contributed by atoms with Gasteiger partial charge < -0.3 is 10.2 Å². The largest absolute Gasteiger partial charge is 0.475 e. The molecule has 0 aliphatic carbocycles. The monoisotopic (exact) mass is 300 g/mol. The summed E-state index contributed by atoms with van der Waals surface area (Å²) in [5.41, 5.74) is 0. The second-order valence-corrected chi connectivity index (χ2v) is 3.96. The van der Waals surface area contributed by atoms with Crippen LogP contribution in [0.1, 0.15) is 40.5 Å². The number of hydrogen-bond donors (Lipinski definition) is 2. The second kappa shape index (κ2) is 12.6. The van der Waals surface area contributed by atoms with Crippen LogP contribution in [-0.4, -0.2) is 71.5 Å². The van der Waals surface area contributed by atoms with E-state index in [1.165, 1.54) is 0 Å². The molecule has 0 unspecified atom stereocenters. The van der Waals surface area contributed by atoms with E-state index in [0.29, 0.717) is 12.8 Å². The van der Waals surface area contributed by atoms with Gasteiger partial charge in [-0.05, 0) is 12.8 Å². The smallest absolute Gasteiger partial charge is 0.372 e. The second-order valence-electron chi connectivity index (χ2n) is 3.96. The first-order chi connectivity index (χ1) is 8.18. The minimum Gasteiger partial charge on any atom is -0.475 e. The van der Waals surface area contributed by atoms with Gasteiger partial charge in [-0.15, -0.1) is 0 Å². The summed E-state index contributed by atoms with van der Waals surface area (Å²) in [5, 5.41) is 16.3. The molecule has 0 fully saturated rings. The molecule has 0 aromatic heterocycles. The Morgan fingerprint density at radius 1 is 0.789 bits per heavy atom. The molecule has 0 spiro atoms. The fraction of sp³-hybridized carbons (Fsp3) is 0.667. The van der Waals surface area contributed by atoms with Gasteiger partial charge in [0.25, 0.3) is 0 Å². The van der Waals surface area contributed by atoms with Crippen molar-refractivity contribution in [3.05, 3.63) is 0 Å². The van der Waals surface area contributed by atoms with E-state index in [2.05, 4.69) is 0 Å². The molecule has 0 aromatic carbocycles. The van der Waals surface area contributed by atoms with Crippen LogP contribution >= 0.6 is 0 Å². The number of rotatable bonds is 6. The molecule has 0 aliphatic rings. The van der Waals surface area contributed by atoms with E-state index in [-0.39, 0.29) is 49.6 Å². The number of carboxylic acid groups (broad SMARTS) is 2. The minimum atomic E-state index is -1.33. The maximum Gasteiger partial charge on any atom is 0.372 e. The van der Waals surface area contributed by atoms with Crippen molar-refractivity contribution < 1.29 is 29.4 Å². The summed E-state index contributed by atoms with van der Waals surface area (Å²) in [6.07, 6.45) is 1.18. The van der Waals surface area contributed by atoms with Crippen LogP contribution in [0.25, 0.3) is 0 Å². The Balaban J connectivity index is -0.000000256. The third-order valence-electron chi connectivity index (χ3n) is 2.54. The number of aliphatic carboxylic acids is 2. The molecule has 2 atom stereocenters. The first kappa shape index (κ1) is 23.6. The molecule has 0 saturated heterocycles. The van der Waals surface area contributed by atoms with E-state index in [1.807, 2.05) is 0 Å². The maximum absolute atomic E-state index is 10.5. The van der Waals surface area contributed by atoms with Crippen molar-refractivity contribution in [1.82, 2.24) is 0 Å². The normalized spacial score (nSPS) is 12.0. The number of carbonyl (C=O) groups excluding carboxylic acids is 2. The predicted molar refractivity (Wildman–Crippen MR) is 69.9 cm³/mol. The molecule has 0 aliphatic heterocycles. The quantitative estimate of drug-likeness (QED) is 0.559. The fourth-order valence-corrected chi connectivity index (χ4v) is 0.792. The van der Waals surface area contributed by atoms with Gasteiger partial charge in [-0.25, -0.2) is 9.59 Å². The summed E-state index contributed by atoms with van der Waals surface area (Å²) < 4.78 is 0. The minimum absolute atomic E-state index is 0. The standard InChI is InChI=1S/2C6H10O3.Ca/c2*1-3-4(2)5(7)6(8)9;/h2*4H,3H2,1-2H3,(H,8,9);/t2*4-;/m00./s1. The molecule has 106 valence electrons. The average molecular weight is 300 g/mol. The number of carbonyl (C=O) groups is 4. The molecule has 0 heterocycles. The van der Waals surface area contributed by atoms with Crippen molar-refractivity contribution >= 4 is 61.2 Å². The van der Waals surface area contributed by atoms with Crippen LogP contribution in [0.3, 0.4) is 0 Å². The van der Waals surface area contributed by atoms with Crippen LogP contribution in [0.5, 0.6) is 0 Å². The van der Waals surface area contributed by atoms with Gasteiger partial charge in [0, 0.05) is 49.6 Å². The Kier molecular flexibility index (Phi) is 15.6. The van der Waals surface area contributed by atoms with Crippen molar-refractivity contribution in [2.24, 2.45) is 11.8 Å². The Morgan fingerprint density at radius 2 is 1.00 bits per heavy atom. The number of hydrogen-bond acceptors (Lipinski definition) is 4. The molecule has 2 radical (unpaired) electrons. The third kappa shape index (κ3) is 11.1. The van der Waals surface area contributed by atoms with E-state index in [1.54, 1.807) is 27.7 Å². The molecule has 0 saturated carbocycles. The zero-order chi connectivity index (χ0) is 14.9. The molecular formula is C12H20CaO6. The average Bonchev–Trinajstić information content (AvgIpc) is 2.35. The summed E-state index contributed by atoms with van der Waals surface area (Å²) in [6, 6.07) is 0. The summed E-state index contributed by atoms with van der Waals surface area (Å²) in [5.74, 6) is -4.74. The maximum atomic E-state index is 10.5. The fourth-order valence-electron chi connectivity index (χ4n) is 0.792. The Labute approximate surface area is 142 Å².